The average molecular weight is 501 g/mol. The highest BCUT2D eigenvalue weighted by molar-refractivity contribution is 5.81. The van der Waals surface area contributed by atoms with Gasteiger partial charge in [-0.1, -0.05) is 81.5 Å². The number of unbranched alkanes of at least 4 members (excludes halogenated alkanes) is 2. The van der Waals surface area contributed by atoms with Crippen LogP contribution in [0.1, 0.15) is 42.9 Å². The maximum absolute atomic E-state index is 11.7. The van der Waals surface area contributed by atoms with Crippen LogP contribution >= 0.6 is 0 Å². The van der Waals surface area contributed by atoms with E-state index in [1.54, 1.807) is 6.07 Å². The molecule has 0 fully saturated rings. The number of carbonyl (C=O) groups excluding carboxylic acids is 1. The summed E-state index contributed by atoms with van der Waals surface area (Å²) in [6.45, 7) is 10.9. The fraction of sp³-hybridized carbons (Fsp3) is 0.281. The summed E-state index contributed by atoms with van der Waals surface area (Å²) in [7, 11) is 0. The molecule has 2 N–H and O–H groups in total. The lowest BCUT2D eigenvalue weighted by Gasteiger charge is -2.18. The van der Waals surface area contributed by atoms with Gasteiger partial charge < -0.3 is 19.7 Å². The summed E-state index contributed by atoms with van der Waals surface area (Å²) in [5, 5.41) is 19.4. The van der Waals surface area contributed by atoms with Crippen molar-refractivity contribution in [1.82, 2.24) is 0 Å². The van der Waals surface area contributed by atoms with Crippen LogP contribution in [-0.4, -0.2) is 29.1 Å². The topological polar surface area (TPSA) is 76.0 Å². The normalized spacial score (nSPS) is 11.6. The Balaban J connectivity index is 1.85. The van der Waals surface area contributed by atoms with Crippen LogP contribution in [0.2, 0.25) is 0 Å². The molecule has 0 aliphatic rings. The van der Waals surface area contributed by atoms with Gasteiger partial charge in [-0.15, -0.1) is 0 Å². The minimum Gasteiger partial charge on any atom is -0.461 e. The summed E-state index contributed by atoms with van der Waals surface area (Å²) in [6.07, 6.45) is 4.52. The zero-order valence-electron chi connectivity index (χ0n) is 21.7. The highest BCUT2D eigenvalue weighted by Gasteiger charge is 2.15. The number of benzene rings is 3. The predicted molar refractivity (Wildman–Crippen MR) is 148 cm³/mol. The molecule has 0 radical (unpaired) electrons. The number of hydrogen-bond acceptors (Lipinski definition) is 5. The van der Waals surface area contributed by atoms with E-state index in [-0.39, 0.29) is 12.2 Å². The van der Waals surface area contributed by atoms with Crippen molar-refractivity contribution in [2.45, 2.75) is 52.4 Å². The number of carbonyl (C=O) groups is 1. The highest BCUT2D eigenvalue weighted by atomic mass is 16.6. The summed E-state index contributed by atoms with van der Waals surface area (Å²) in [5.41, 5.74) is 7.47. The quantitative estimate of drug-likeness (QED) is 0.0917. The lowest BCUT2D eigenvalue weighted by atomic mass is 9.94. The van der Waals surface area contributed by atoms with Gasteiger partial charge in [-0.05, 0) is 65.3 Å². The van der Waals surface area contributed by atoms with Gasteiger partial charge in [0.25, 0.3) is 0 Å². The zero-order valence-corrected chi connectivity index (χ0v) is 21.7. The van der Waals surface area contributed by atoms with E-state index in [0.717, 1.165) is 29.2 Å². The van der Waals surface area contributed by atoms with E-state index in [1.807, 2.05) is 12.1 Å². The molecular formula is C32H36O5. The molecule has 0 saturated heterocycles. The Morgan fingerprint density at radius 1 is 1.00 bits per heavy atom. The smallest absolute Gasteiger partial charge is 0.330 e. The minimum atomic E-state index is -1.38. The molecule has 0 spiro atoms. The van der Waals surface area contributed by atoms with Crippen LogP contribution in [0.3, 0.4) is 0 Å². The van der Waals surface area contributed by atoms with Crippen molar-refractivity contribution in [3.63, 3.8) is 0 Å². The summed E-state index contributed by atoms with van der Waals surface area (Å²) in [4.78, 5) is 11.7. The molecule has 5 nitrogen and oxygen atoms in total. The second-order valence-corrected chi connectivity index (χ2v) is 9.10. The predicted octanol–water partition coefficient (Wildman–Crippen LogP) is 6.54. The monoisotopic (exact) mass is 500 g/mol. The number of esters is 1. The second-order valence-electron chi connectivity index (χ2n) is 9.10. The number of hydrogen-bond donors (Lipinski definition) is 2. The molecule has 37 heavy (non-hydrogen) atoms. The van der Waals surface area contributed by atoms with Crippen molar-refractivity contribution in [2.75, 3.05) is 6.61 Å². The van der Waals surface area contributed by atoms with E-state index >= 15 is 0 Å². The van der Waals surface area contributed by atoms with E-state index in [4.69, 9.17) is 9.47 Å². The van der Waals surface area contributed by atoms with Crippen molar-refractivity contribution < 1.29 is 24.5 Å². The van der Waals surface area contributed by atoms with Crippen LogP contribution in [-0.2, 0) is 22.6 Å². The van der Waals surface area contributed by atoms with E-state index in [9.17, 15) is 15.0 Å². The molecule has 0 aliphatic heterocycles. The fourth-order valence-electron chi connectivity index (χ4n) is 4.07. The number of aliphatic hydroxyl groups excluding tert-OH is 2. The zero-order chi connectivity index (χ0) is 26.8. The van der Waals surface area contributed by atoms with Gasteiger partial charge >= 0.3 is 5.97 Å². The van der Waals surface area contributed by atoms with Gasteiger partial charge in [0.1, 0.15) is 12.4 Å². The molecule has 0 aliphatic carbocycles. The molecule has 1 atom stereocenters. The number of aryl methyl sites for hydroxylation is 2. The highest BCUT2D eigenvalue weighted by Crippen LogP contribution is 2.32. The molecular weight excluding hydrogens is 464 g/mol. The standard InChI is InChI=1S/C32H36O5/c1-5-7-8-9-24-10-12-25(13-11-24)29-16-14-26(18-22(29)3)27-15-17-30(37-32(35)23(4)20-33)28(19-27)21-36-31(34)6-2/h6,10-19,32-33,35H,2,4-5,7-9,20-21H2,1,3H3. The maximum atomic E-state index is 11.7. The van der Waals surface area contributed by atoms with Gasteiger partial charge in [-0.3, -0.25) is 0 Å². The molecule has 0 saturated carbocycles. The Hall–Kier alpha value is -3.67. The van der Waals surface area contributed by atoms with Crippen molar-refractivity contribution >= 4 is 5.97 Å². The minimum absolute atomic E-state index is 0.0615. The molecule has 0 bridgehead atoms. The Labute approximate surface area is 219 Å². The van der Waals surface area contributed by atoms with Crippen LogP contribution < -0.4 is 4.74 Å². The Morgan fingerprint density at radius 2 is 1.68 bits per heavy atom. The van der Waals surface area contributed by atoms with E-state index < -0.39 is 18.9 Å². The summed E-state index contributed by atoms with van der Waals surface area (Å²) in [6, 6.07) is 20.6. The van der Waals surface area contributed by atoms with Crippen molar-refractivity contribution in [1.29, 1.82) is 0 Å². The van der Waals surface area contributed by atoms with Crippen LogP contribution in [0.4, 0.5) is 0 Å². The number of ether oxygens (including phenoxy) is 2. The van der Waals surface area contributed by atoms with E-state index in [1.165, 1.54) is 36.0 Å². The summed E-state index contributed by atoms with van der Waals surface area (Å²) < 4.78 is 10.8. The third-order valence-electron chi connectivity index (χ3n) is 6.28. The van der Waals surface area contributed by atoms with Gasteiger partial charge in [0.15, 0.2) is 0 Å². The van der Waals surface area contributed by atoms with Crippen molar-refractivity contribution in [3.8, 4) is 28.0 Å². The molecule has 1 unspecified atom stereocenters. The molecule has 3 aromatic carbocycles. The number of rotatable bonds is 13. The average Bonchev–Trinajstić information content (AvgIpc) is 2.92. The third-order valence-corrected chi connectivity index (χ3v) is 6.28. The van der Waals surface area contributed by atoms with Gasteiger partial charge in [0.2, 0.25) is 6.29 Å². The third kappa shape index (κ3) is 7.66. The van der Waals surface area contributed by atoms with Crippen LogP contribution in [0, 0.1) is 6.92 Å². The van der Waals surface area contributed by atoms with E-state index in [0.29, 0.717) is 11.3 Å². The second kappa shape index (κ2) is 13.6. The molecule has 3 rings (SSSR count). The molecule has 0 aromatic heterocycles. The van der Waals surface area contributed by atoms with Gasteiger partial charge in [0, 0.05) is 17.2 Å². The summed E-state index contributed by atoms with van der Waals surface area (Å²) in [5.74, 6) is -0.233. The van der Waals surface area contributed by atoms with Crippen LogP contribution in [0.25, 0.3) is 22.3 Å². The van der Waals surface area contributed by atoms with Crippen molar-refractivity contribution in [3.05, 3.63) is 102 Å². The molecule has 5 heteroatoms. The first-order chi connectivity index (χ1) is 17.9. The molecule has 0 heterocycles. The fourth-order valence-corrected chi connectivity index (χ4v) is 4.07. The molecule has 0 amide bonds. The molecule has 194 valence electrons. The number of aliphatic hydroxyl groups is 2. The van der Waals surface area contributed by atoms with Gasteiger partial charge in [0.05, 0.1) is 6.61 Å². The Bertz CT molecular complexity index is 1230. The van der Waals surface area contributed by atoms with Crippen LogP contribution in [0.5, 0.6) is 5.75 Å². The lowest BCUT2D eigenvalue weighted by Crippen LogP contribution is -2.20. The first-order valence-corrected chi connectivity index (χ1v) is 12.6. The summed E-state index contributed by atoms with van der Waals surface area (Å²) >= 11 is 0. The Morgan fingerprint density at radius 3 is 2.32 bits per heavy atom. The van der Waals surface area contributed by atoms with Gasteiger partial charge in [-0.2, -0.15) is 0 Å². The first-order valence-electron chi connectivity index (χ1n) is 12.6. The largest absolute Gasteiger partial charge is 0.461 e. The maximum Gasteiger partial charge on any atom is 0.330 e. The Kier molecular flexibility index (Phi) is 10.2. The van der Waals surface area contributed by atoms with Gasteiger partial charge in [-0.25, -0.2) is 4.79 Å². The first kappa shape index (κ1) is 27.9. The van der Waals surface area contributed by atoms with Crippen molar-refractivity contribution in [2.24, 2.45) is 0 Å². The van der Waals surface area contributed by atoms with Crippen LogP contribution in [0.15, 0.2) is 85.5 Å². The SMILES string of the molecule is C=CC(=O)OCc1cc(-c2ccc(-c3ccc(CCCCC)cc3)c(C)c2)ccc1OC(O)C(=C)CO. The molecule has 3 aromatic rings. The lowest BCUT2D eigenvalue weighted by molar-refractivity contribution is -0.139. The van der Waals surface area contributed by atoms with E-state index in [2.05, 4.69) is 69.5 Å².